The molecule has 3 nitrogen and oxygen atoms in total. The van der Waals surface area contributed by atoms with Gasteiger partial charge in [0, 0.05) is 6.54 Å². The number of hydrogen-bond donors (Lipinski definition) is 1. The number of aromatic nitrogens is 2. The molecule has 2 rings (SSSR count). The second kappa shape index (κ2) is 3.91. The summed E-state index contributed by atoms with van der Waals surface area (Å²) in [4.78, 5) is 0. The van der Waals surface area contributed by atoms with E-state index in [1.165, 1.54) is 5.69 Å². The van der Waals surface area contributed by atoms with Crippen LogP contribution in [0, 0.1) is 12.8 Å². The summed E-state index contributed by atoms with van der Waals surface area (Å²) in [6, 6.07) is 0. The van der Waals surface area contributed by atoms with E-state index in [4.69, 9.17) is 11.6 Å². The van der Waals surface area contributed by atoms with Crippen molar-refractivity contribution in [2.45, 2.75) is 26.8 Å². The van der Waals surface area contributed by atoms with Gasteiger partial charge in [-0.1, -0.05) is 11.6 Å². The van der Waals surface area contributed by atoms with Crippen LogP contribution in [0.5, 0.6) is 0 Å². The van der Waals surface area contributed by atoms with Crippen LogP contribution in [-0.4, -0.2) is 22.9 Å². The van der Waals surface area contributed by atoms with E-state index in [-0.39, 0.29) is 0 Å². The van der Waals surface area contributed by atoms with Crippen LogP contribution in [0.1, 0.15) is 18.3 Å². The van der Waals surface area contributed by atoms with E-state index in [1.807, 2.05) is 11.6 Å². The minimum atomic E-state index is 0.744. The Morgan fingerprint density at radius 3 is 2.79 bits per heavy atom. The second-order valence-electron chi connectivity index (χ2n) is 3.89. The van der Waals surface area contributed by atoms with Crippen molar-refractivity contribution >= 4 is 11.6 Å². The van der Waals surface area contributed by atoms with E-state index in [0.717, 1.165) is 42.7 Å². The van der Waals surface area contributed by atoms with Crippen LogP contribution in [-0.2, 0) is 13.0 Å². The predicted molar refractivity (Wildman–Crippen MR) is 57.7 cm³/mol. The van der Waals surface area contributed by atoms with Crippen molar-refractivity contribution in [1.29, 1.82) is 0 Å². The molecule has 1 N–H and O–H groups in total. The molecular formula is C10H16ClN3. The zero-order valence-corrected chi connectivity index (χ0v) is 9.43. The molecule has 0 spiro atoms. The van der Waals surface area contributed by atoms with Gasteiger partial charge in [-0.05, 0) is 39.3 Å². The first-order valence-electron chi connectivity index (χ1n) is 5.14. The molecule has 14 heavy (non-hydrogen) atoms. The number of halogens is 1. The molecule has 1 saturated heterocycles. The van der Waals surface area contributed by atoms with Gasteiger partial charge in [-0.25, -0.2) is 0 Å². The molecule has 1 aliphatic rings. The van der Waals surface area contributed by atoms with Crippen LogP contribution in [0.2, 0.25) is 5.02 Å². The maximum atomic E-state index is 6.21. The van der Waals surface area contributed by atoms with E-state index in [1.54, 1.807) is 0 Å². The van der Waals surface area contributed by atoms with Gasteiger partial charge in [0.25, 0.3) is 0 Å². The molecule has 0 saturated carbocycles. The molecule has 0 radical (unpaired) electrons. The molecule has 78 valence electrons. The molecule has 0 aromatic carbocycles. The van der Waals surface area contributed by atoms with Crippen LogP contribution in [0.4, 0.5) is 0 Å². The number of nitrogens with one attached hydrogen (secondary N) is 1. The van der Waals surface area contributed by atoms with Crippen LogP contribution in [0.25, 0.3) is 0 Å². The van der Waals surface area contributed by atoms with E-state index in [0.29, 0.717) is 0 Å². The maximum Gasteiger partial charge on any atom is 0.0847 e. The molecule has 0 unspecified atom stereocenters. The summed E-state index contributed by atoms with van der Waals surface area (Å²) in [7, 11) is 0. The van der Waals surface area contributed by atoms with Crippen LogP contribution >= 0.6 is 11.6 Å². The highest BCUT2D eigenvalue weighted by molar-refractivity contribution is 6.31. The minimum absolute atomic E-state index is 0.744. The summed E-state index contributed by atoms with van der Waals surface area (Å²) in [5, 5.41) is 8.54. The SMILES string of the molecule is CCn1nc(C)c(Cl)c1CC1CNC1. The fourth-order valence-electron chi connectivity index (χ4n) is 1.83. The van der Waals surface area contributed by atoms with E-state index >= 15 is 0 Å². The number of hydrogen-bond acceptors (Lipinski definition) is 2. The standard InChI is InChI=1S/C10H16ClN3/c1-3-14-9(4-8-5-12-6-8)10(11)7(2)13-14/h8,12H,3-6H2,1-2H3. The fraction of sp³-hybridized carbons (Fsp3) is 0.700. The Labute approximate surface area is 89.4 Å². The topological polar surface area (TPSA) is 29.9 Å². The molecule has 1 aliphatic heterocycles. The predicted octanol–water partition coefficient (Wildman–Crippen LogP) is 1.63. The van der Waals surface area contributed by atoms with Crippen molar-refractivity contribution in [3.05, 3.63) is 16.4 Å². The Bertz CT molecular complexity index is 328. The first-order chi connectivity index (χ1) is 6.72. The van der Waals surface area contributed by atoms with Gasteiger partial charge in [-0.3, -0.25) is 4.68 Å². The van der Waals surface area contributed by atoms with Crippen molar-refractivity contribution in [2.24, 2.45) is 5.92 Å². The normalized spacial score (nSPS) is 17.1. The Hall–Kier alpha value is -0.540. The Balaban J connectivity index is 2.20. The fourth-order valence-corrected chi connectivity index (χ4v) is 2.04. The highest BCUT2D eigenvalue weighted by atomic mass is 35.5. The number of rotatable bonds is 3. The van der Waals surface area contributed by atoms with Gasteiger partial charge in [0.1, 0.15) is 0 Å². The maximum absolute atomic E-state index is 6.21. The van der Waals surface area contributed by atoms with Crippen molar-refractivity contribution in [3.63, 3.8) is 0 Å². The molecule has 1 aromatic heterocycles. The summed E-state index contributed by atoms with van der Waals surface area (Å²) in [5.41, 5.74) is 2.16. The zero-order valence-electron chi connectivity index (χ0n) is 8.68. The molecule has 4 heteroatoms. The molecule has 1 aromatic rings. The largest absolute Gasteiger partial charge is 0.316 e. The summed E-state index contributed by atoms with van der Waals surface area (Å²) in [5.74, 6) is 0.744. The summed E-state index contributed by atoms with van der Waals surface area (Å²) >= 11 is 6.21. The summed E-state index contributed by atoms with van der Waals surface area (Å²) in [6.45, 7) is 7.21. The molecule has 1 fully saturated rings. The first-order valence-corrected chi connectivity index (χ1v) is 5.52. The van der Waals surface area contributed by atoms with E-state index in [2.05, 4.69) is 17.3 Å². The lowest BCUT2D eigenvalue weighted by Gasteiger charge is -2.27. The lowest BCUT2D eigenvalue weighted by Crippen LogP contribution is -2.43. The average Bonchev–Trinajstić information content (AvgIpc) is 2.37. The van der Waals surface area contributed by atoms with Crippen molar-refractivity contribution < 1.29 is 0 Å². The van der Waals surface area contributed by atoms with E-state index < -0.39 is 0 Å². The van der Waals surface area contributed by atoms with Gasteiger partial charge >= 0.3 is 0 Å². The Morgan fingerprint density at radius 2 is 2.29 bits per heavy atom. The van der Waals surface area contributed by atoms with Gasteiger partial charge in [-0.15, -0.1) is 0 Å². The number of nitrogens with zero attached hydrogens (tertiary/aromatic N) is 2. The molecule has 0 aliphatic carbocycles. The van der Waals surface area contributed by atoms with Gasteiger partial charge in [0.05, 0.1) is 16.4 Å². The Morgan fingerprint density at radius 1 is 1.57 bits per heavy atom. The minimum Gasteiger partial charge on any atom is -0.316 e. The van der Waals surface area contributed by atoms with Crippen LogP contribution < -0.4 is 5.32 Å². The second-order valence-corrected chi connectivity index (χ2v) is 4.27. The van der Waals surface area contributed by atoms with E-state index in [9.17, 15) is 0 Å². The highest BCUT2D eigenvalue weighted by Gasteiger charge is 2.21. The highest BCUT2D eigenvalue weighted by Crippen LogP contribution is 2.24. The summed E-state index contributed by atoms with van der Waals surface area (Å²) in [6.07, 6.45) is 1.06. The third-order valence-electron chi connectivity index (χ3n) is 2.80. The molecular weight excluding hydrogens is 198 g/mol. The zero-order chi connectivity index (χ0) is 10.1. The average molecular weight is 214 g/mol. The lowest BCUT2D eigenvalue weighted by molar-refractivity contribution is 0.338. The van der Waals surface area contributed by atoms with Crippen LogP contribution in [0.3, 0.4) is 0 Å². The summed E-state index contributed by atoms with van der Waals surface area (Å²) < 4.78 is 2.02. The van der Waals surface area contributed by atoms with Gasteiger partial charge < -0.3 is 5.32 Å². The first kappa shape index (κ1) is 9.99. The van der Waals surface area contributed by atoms with Crippen LogP contribution in [0.15, 0.2) is 0 Å². The lowest BCUT2D eigenvalue weighted by atomic mass is 9.97. The Kier molecular flexibility index (Phi) is 2.79. The van der Waals surface area contributed by atoms with Crippen molar-refractivity contribution in [3.8, 4) is 0 Å². The van der Waals surface area contributed by atoms with Gasteiger partial charge in [-0.2, -0.15) is 5.10 Å². The van der Waals surface area contributed by atoms with Gasteiger partial charge in [0.2, 0.25) is 0 Å². The van der Waals surface area contributed by atoms with Crippen molar-refractivity contribution in [1.82, 2.24) is 15.1 Å². The monoisotopic (exact) mass is 213 g/mol. The van der Waals surface area contributed by atoms with Gasteiger partial charge in [0.15, 0.2) is 0 Å². The smallest absolute Gasteiger partial charge is 0.0847 e. The molecule has 0 amide bonds. The third-order valence-corrected chi connectivity index (χ3v) is 3.29. The van der Waals surface area contributed by atoms with Crippen molar-refractivity contribution in [2.75, 3.05) is 13.1 Å². The molecule has 2 heterocycles. The molecule has 0 bridgehead atoms. The molecule has 0 atom stereocenters. The third kappa shape index (κ3) is 1.66. The number of aryl methyl sites for hydroxylation is 2. The quantitative estimate of drug-likeness (QED) is 0.827.